The van der Waals surface area contributed by atoms with Crippen molar-refractivity contribution in [2.75, 3.05) is 18.4 Å². The number of nitrogens with one attached hydrogen (secondary N) is 1. The first-order valence-corrected chi connectivity index (χ1v) is 9.05. The summed E-state index contributed by atoms with van der Waals surface area (Å²) >= 11 is 0. The molecule has 0 radical (unpaired) electrons. The largest absolute Gasteiger partial charge is 0.324 e. The van der Waals surface area contributed by atoms with Gasteiger partial charge in [0.15, 0.2) is 0 Å². The van der Waals surface area contributed by atoms with Gasteiger partial charge in [0.1, 0.15) is 5.82 Å². The monoisotopic (exact) mass is 314 g/mol. The highest BCUT2D eigenvalue weighted by Crippen LogP contribution is 2.33. The molecule has 3 aliphatic rings. The summed E-state index contributed by atoms with van der Waals surface area (Å²) in [5.74, 6) is 2.15. The second-order valence-corrected chi connectivity index (χ2v) is 7.25. The first kappa shape index (κ1) is 14.8. The summed E-state index contributed by atoms with van der Waals surface area (Å²) in [6.07, 6.45) is 14.8. The van der Waals surface area contributed by atoms with E-state index < -0.39 is 0 Å². The van der Waals surface area contributed by atoms with Crippen LogP contribution in [0.5, 0.6) is 0 Å². The zero-order chi connectivity index (χ0) is 15.6. The summed E-state index contributed by atoms with van der Waals surface area (Å²) in [6, 6.07) is 2.41. The molecule has 5 heteroatoms. The molecule has 1 aromatic rings. The van der Waals surface area contributed by atoms with Gasteiger partial charge in [-0.1, -0.05) is 31.4 Å². The highest BCUT2D eigenvalue weighted by Gasteiger charge is 2.35. The molecule has 2 aliphatic carbocycles. The Bertz CT molecular complexity index is 572. The number of hydrogen-bond acceptors (Lipinski definition) is 2. The average Bonchev–Trinajstić information content (AvgIpc) is 3.22. The lowest BCUT2D eigenvalue weighted by molar-refractivity contribution is 0.219. The Morgan fingerprint density at radius 3 is 2.48 bits per heavy atom. The number of amides is 2. The van der Waals surface area contributed by atoms with Crippen LogP contribution in [0.3, 0.4) is 0 Å². The van der Waals surface area contributed by atoms with E-state index in [-0.39, 0.29) is 6.03 Å². The number of hydrogen-bond donors (Lipinski definition) is 1. The third-order valence-corrected chi connectivity index (χ3v) is 5.73. The van der Waals surface area contributed by atoms with Crippen LogP contribution in [0, 0.1) is 11.8 Å². The summed E-state index contributed by atoms with van der Waals surface area (Å²) in [5, 5.41) is 7.57. The lowest BCUT2D eigenvalue weighted by Crippen LogP contribution is -2.34. The number of carbonyl (C=O) groups excluding carboxylic acids is 1. The van der Waals surface area contributed by atoms with Gasteiger partial charge in [0.05, 0.1) is 12.2 Å². The smallest absolute Gasteiger partial charge is 0.323 e. The third kappa shape index (κ3) is 3.01. The van der Waals surface area contributed by atoms with E-state index in [4.69, 9.17) is 0 Å². The van der Waals surface area contributed by atoms with Crippen LogP contribution in [0.25, 0.3) is 0 Å². The van der Waals surface area contributed by atoms with Crippen LogP contribution in [-0.4, -0.2) is 33.8 Å². The van der Waals surface area contributed by atoms with E-state index in [2.05, 4.69) is 22.6 Å². The maximum atomic E-state index is 12.6. The number of aromatic nitrogens is 2. The fourth-order valence-corrected chi connectivity index (χ4v) is 4.40. The highest BCUT2D eigenvalue weighted by molar-refractivity contribution is 5.88. The first-order valence-electron chi connectivity index (χ1n) is 9.05. The van der Waals surface area contributed by atoms with Crippen molar-refractivity contribution in [1.82, 2.24) is 14.7 Å². The zero-order valence-corrected chi connectivity index (χ0v) is 13.7. The van der Waals surface area contributed by atoms with Crippen molar-refractivity contribution in [2.45, 2.75) is 51.0 Å². The van der Waals surface area contributed by atoms with Crippen LogP contribution in [-0.2, 0) is 0 Å². The standard InChI is InChI=1S/C18H26N4O/c23-18(21-12-14-6-4-5-7-15(14)13-21)20-17-10-11-19-22(17)16-8-2-1-3-9-16/h4-5,10-11,14-16H,1-3,6-9,12-13H2,(H,20,23)/t14-,15+. The lowest BCUT2D eigenvalue weighted by atomic mass is 9.86. The molecule has 1 aromatic heterocycles. The fourth-order valence-electron chi connectivity index (χ4n) is 4.40. The Hall–Kier alpha value is -1.78. The van der Waals surface area contributed by atoms with E-state index in [0.29, 0.717) is 17.9 Å². The molecule has 1 saturated carbocycles. The van der Waals surface area contributed by atoms with Gasteiger partial charge in [0, 0.05) is 19.2 Å². The molecule has 0 aromatic carbocycles. The number of likely N-dealkylation sites (tertiary alicyclic amines) is 1. The second-order valence-electron chi connectivity index (χ2n) is 7.25. The molecule has 0 unspecified atom stereocenters. The van der Waals surface area contributed by atoms with Crippen molar-refractivity contribution in [3.05, 3.63) is 24.4 Å². The van der Waals surface area contributed by atoms with Gasteiger partial charge in [0.2, 0.25) is 0 Å². The van der Waals surface area contributed by atoms with Crippen LogP contribution in [0.1, 0.15) is 51.0 Å². The summed E-state index contributed by atoms with van der Waals surface area (Å²) in [7, 11) is 0. The summed E-state index contributed by atoms with van der Waals surface area (Å²) < 4.78 is 2.03. The van der Waals surface area contributed by atoms with Crippen LogP contribution < -0.4 is 5.32 Å². The maximum absolute atomic E-state index is 12.6. The number of carbonyl (C=O) groups is 1. The molecular weight excluding hydrogens is 288 g/mol. The minimum absolute atomic E-state index is 0.0389. The molecule has 2 fully saturated rings. The van der Waals surface area contributed by atoms with Crippen molar-refractivity contribution in [3.63, 3.8) is 0 Å². The molecule has 2 heterocycles. The Balaban J connectivity index is 1.40. The van der Waals surface area contributed by atoms with Crippen LogP contribution >= 0.6 is 0 Å². The number of allylic oxidation sites excluding steroid dienone is 2. The van der Waals surface area contributed by atoms with Crippen molar-refractivity contribution in [3.8, 4) is 0 Å². The van der Waals surface area contributed by atoms with Crippen molar-refractivity contribution in [1.29, 1.82) is 0 Å². The van der Waals surface area contributed by atoms with Crippen LogP contribution in [0.4, 0.5) is 10.6 Å². The van der Waals surface area contributed by atoms with Crippen molar-refractivity contribution in [2.24, 2.45) is 11.8 Å². The van der Waals surface area contributed by atoms with E-state index in [1.165, 1.54) is 32.1 Å². The van der Waals surface area contributed by atoms with Crippen molar-refractivity contribution < 1.29 is 4.79 Å². The van der Waals surface area contributed by atoms with Gasteiger partial charge in [0.25, 0.3) is 0 Å². The molecule has 1 N–H and O–H groups in total. The Morgan fingerprint density at radius 1 is 1.09 bits per heavy atom. The quantitative estimate of drug-likeness (QED) is 0.844. The highest BCUT2D eigenvalue weighted by atomic mass is 16.2. The SMILES string of the molecule is O=C(Nc1ccnn1C1CCCCC1)N1C[C@H]2CC=CC[C@H]2C1. The van der Waals surface area contributed by atoms with Gasteiger partial charge in [-0.25, -0.2) is 9.48 Å². The third-order valence-electron chi connectivity index (χ3n) is 5.73. The molecule has 23 heavy (non-hydrogen) atoms. The molecule has 1 aliphatic heterocycles. The Labute approximate surface area is 137 Å². The minimum Gasteiger partial charge on any atom is -0.324 e. The molecule has 0 spiro atoms. The normalized spacial score (nSPS) is 27.9. The Morgan fingerprint density at radius 2 is 1.78 bits per heavy atom. The van der Waals surface area contributed by atoms with Gasteiger partial charge in [-0.3, -0.25) is 5.32 Å². The lowest BCUT2D eigenvalue weighted by Gasteiger charge is -2.25. The summed E-state index contributed by atoms with van der Waals surface area (Å²) in [4.78, 5) is 14.6. The molecule has 124 valence electrons. The van der Waals surface area contributed by atoms with Gasteiger partial charge >= 0.3 is 6.03 Å². The average molecular weight is 314 g/mol. The molecule has 0 bridgehead atoms. The van der Waals surface area contributed by atoms with Crippen molar-refractivity contribution >= 4 is 11.8 Å². The van der Waals surface area contributed by atoms with E-state index in [1.54, 1.807) is 6.20 Å². The second kappa shape index (κ2) is 6.38. The fraction of sp³-hybridized carbons (Fsp3) is 0.667. The predicted octanol–water partition coefficient (Wildman–Crippen LogP) is 3.82. The van der Waals surface area contributed by atoms with E-state index in [0.717, 1.165) is 31.7 Å². The minimum atomic E-state index is 0.0389. The van der Waals surface area contributed by atoms with E-state index in [1.807, 2.05) is 15.6 Å². The first-order chi connectivity index (χ1) is 11.3. The van der Waals surface area contributed by atoms with Gasteiger partial charge < -0.3 is 4.90 Å². The van der Waals surface area contributed by atoms with Crippen LogP contribution in [0.2, 0.25) is 0 Å². The molecule has 2 atom stereocenters. The summed E-state index contributed by atoms with van der Waals surface area (Å²) in [5.41, 5.74) is 0. The van der Waals surface area contributed by atoms with E-state index in [9.17, 15) is 4.79 Å². The van der Waals surface area contributed by atoms with Gasteiger partial charge in [-0.05, 0) is 37.5 Å². The molecule has 4 rings (SSSR count). The number of fused-ring (bicyclic) bond motifs is 1. The number of nitrogens with zero attached hydrogens (tertiary/aromatic N) is 3. The molecule has 1 saturated heterocycles. The molecule has 2 amide bonds. The van der Waals surface area contributed by atoms with Gasteiger partial charge in [-0.15, -0.1) is 0 Å². The van der Waals surface area contributed by atoms with Gasteiger partial charge in [-0.2, -0.15) is 5.10 Å². The zero-order valence-electron chi connectivity index (χ0n) is 13.7. The number of rotatable bonds is 2. The van der Waals surface area contributed by atoms with Crippen LogP contribution in [0.15, 0.2) is 24.4 Å². The number of urea groups is 1. The molecule has 5 nitrogen and oxygen atoms in total. The maximum Gasteiger partial charge on any atom is 0.323 e. The summed E-state index contributed by atoms with van der Waals surface area (Å²) in [6.45, 7) is 1.77. The predicted molar refractivity (Wildman–Crippen MR) is 90.3 cm³/mol. The topological polar surface area (TPSA) is 50.2 Å². The Kier molecular flexibility index (Phi) is 4.10. The molecular formula is C18H26N4O. The number of anilines is 1. The van der Waals surface area contributed by atoms with E-state index >= 15 is 0 Å².